The molecule has 0 aliphatic heterocycles. The second kappa shape index (κ2) is 7.44. The van der Waals surface area contributed by atoms with Crippen LogP contribution in [-0.4, -0.2) is 40.9 Å². The summed E-state index contributed by atoms with van der Waals surface area (Å²) in [5.74, 6) is 0.867. The van der Waals surface area contributed by atoms with Crippen molar-refractivity contribution in [3.63, 3.8) is 0 Å². The van der Waals surface area contributed by atoms with Gasteiger partial charge in [0.15, 0.2) is 0 Å². The van der Waals surface area contributed by atoms with E-state index in [4.69, 9.17) is 0 Å². The van der Waals surface area contributed by atoms with Gasteiger partial charge in [0.05, 0.1) is 6.54 Å². The molecule has 2 heterocycles. The number of nitrogens with zero attached hydrogens (tertiary/aromatic N) is 4. The summed E-state index contributed by atoms with van der Waals surface area (Å²) >= 11 is 0. The number of pyridine rings is 1. The summed E-state index contributed by atoms with van der Waals surface area (Å²) in [6.45, 7) is 3.04. The third-order valence-corrected chi connectivity index (χ3v) is 3.12. The molecule has 0 aliphatic rings. The van der Waals surface area contributed by atoms with Gasteiger partial charge in [-0.1, -0.05) is 0 Å². The third kappa shape index (κ3) is 4.76. The van der Waals surface area contributed by atoms with E-state index in [2.05, 4.69) is 20.7 Å². The van der Waals surface area contributed by atoms with Crippen molar-refractivity contribution in [3.8, 4) is 0 Å². The van der Waals surface area contributed by atoms with Crippen LogP contribution in [-0.2, 0) is 13.1 Å². The SMILES string of the molecule is C[C@H](Cn1cccn1)NC(=O)NCc1ccnc(N(C)C)c1. The Morgan fingerprint density at radius 3 is 2.91 bits per heavy atom. The fourth-order valence-corrected chi connectivity index (χ4v) is 2.01. The van der Waals surface area contributed by atoms with Crippen molar-refractivity contribution in [3.05, 3.63) is 42.4 Å². The molecule has 118 valence electrons. The molecule has 0 bridgehead atoms. The standard InChI is InChI=1S/C15H22N6O/c1-12(11-21-8-4-6-18-21)19-15(22)17-10-13-5-7-16-14(9-13)20(2)3/h4-9,12H,10-11H2,1-3H3,(H2,17,19,22)/t12-/m1/s1. The van der Waals surface area contributed by atoms with Crippen LogP contribution in [0.4, 0.5) is 10.6 Å². The van der Waals surface area contributed by atoms with Crippen LogP contribution in [0.1, 0.15) is 12.5 Å². The Morgan fingerprint density at radius 1 is 1.41 bits per heavy atom. The normalized spacial score (nSPS) is 11.8. The lowest BCUT2D eigenvalue weighted by atomic mass is 10.2. The second-order valence-electron chi connectivity index (χ2n) is 5.37. The molecule has 7 nitrogen and oxygen atoms in total. The first-order chi connectivity index (χ1) is 10.5. The Bertz CT molecular complexity index is 596. The zero-order valence-corrected chi connectivity index (χ0v) is 13.2. The maximum absolute atomic E-state index is 11.9. The molecule has 2 aromatic heterocycles. The zero-order valence-electron chi connectivity index (χ0n) is 13.2. The van der Waals surface area contributed by atoms with Gasteiger partial charge in [0.2, 0.25) is 0 Å². The van der Waals surface area contributed by atoms with Crippen LogP contribution in [0.15, 0.2) is 36.8 Å². The molecule has 0 aromatic carbocycles. The minimum atomic E-state index is -0.192. The maximum Gasteiger partial charge on any atom is 0.315 e. The predicted molar refractivity (Wildman–Crippen MR) is 85.6 cm³/mol. The van der Waals surface area contributed by atoms with Crippen LogP contribution in [0.5, 0.6) is 0 Å². The van der Waals surface area contributed by atoms with E-state index in [1.165, 1.54) is 0 Å². The molecule has 0 saturated carbocycles. The molecular formula is C15H22N6O. The summed E-state index contributed by atoms with van der Waals surface area (Å²) in [4.78, 5) is 18.1. The first-order valence-electron chi connectivity index (χ1n) is 7.18. The molecule has 1 atom stereocenters. The molecule has 0 unspecified atom stereocenters. The molecule has 0 fully saturated rings. The van der Waals surface area contributed by atoms with Crippen molar-refractivity contribution in [2.45, 2.75) is 26.1 Å². The summed E-state index contributed by atoms with van der Waals surface area (Å²) < 4.78 is 1.79. The largest absolute Gasteiger partial charge is 0.363 e. The topological polar surface area (TPSA) is 75.1 Å². The van der Waals surface area contributed by atoms with E-state index in [-0.39, 0.29) is 12.1 Å². The highest BCUT2D eigenvalue weighted by molar-refractivity contribution is 5.74. The number of rotatable bonds is 6. The van der Waals surface area contributed by atoms with Crippen molar-refractivity contribution in [1.82, 2.24) is 25.4 Å². The number of carbonyl (C=O) groups excluding carboxylic acids is 1. The van der Waals surface area contributed by atoms with E-state index in [0.717, 1.165) is 11.4 Å². The number of amides is 2. The van der Waals surface area contributed by atoms with Gasteiger partial charge < -0.3 is 15.5 Å². The number of carbonyl (C=O) groups is 1. The van der Waals surface area contributed by atoms with Crippen LogP contribution in [0, 0.1) is 0 Å². The fraction of sp³-hybridized carbons (Fsp3) is 0.400. The molecule has 22 heavy (non-hydrogen) atoms. The van der Waals surface area contributed by atoms with E-state index < -0.39 is 0 Å². The van der Waals surface area contributed by atoms with Crippen LogP contribution >= 0.6 is 0 Å². The summed E-state index contributed by atoms with van der Waals surface area (Å²) in [7, 11) is 3.87. The van der Waals surface area contributed by atoms with Gasteiger partial charge >= 0.3 is 6.03 Å². The van der Waals surface area contributed by atoms with E-state index in [9.17, 15) is 4.79 Å². The van der Waals surface area contributed by atoms with E-state index in [1.54, 1.807) is 17.1 Å². The Labute approximate surface area is 130 Å². The maximum atomic E-state index is 11.9. The second-order valence-corrected chi connectivity index (χ2v) is 5.37. The van der Waals surface area contributed by atoms with Gasteiger partial charge in [-0.05, 0) is 30.7 Å². The highest BCUT2D eigenvalue weighted by Crippen LogP contribution is 2.09. The van der Waals surface area contributed by atoms with Crippen LogP contribution in [0.3, 0.4) is 0 Å². The average molecular weight is 302 g/mol. The predicted octanol–water partition coefficient (Wildman–Crippen LogP) is 1.23. The van der Waals surface area contributed by atoms with Gasteiger partial charge in [-0.15, -0.1) is 0 Å². The molecule has 2 amide bonds. The van der Waals surface area contributed by atoms with Gasteiger partial charge in [0.1, 0.15) is 5.82 Å². The summed E-state index contributed by atoms with van der Waals surface area (Å²) in [5.41, 5.74) is 1.01. The third-order valence-electron chi connectivity index (χ3n) is 3.12. The van der Waals surface area contributed by atoms with Crippen molar-refractivity contribution in [2.75, 3.05) is 19.0 Å². The van der Waals surface area contributed by atoms with Gasteiger partial charge in [-0.2, -0.15) is 5.10 Å². The number of hydrogen-bond acceptors (Lipinski definition) is 4. The summed E-state index contributed by atoms with van der Waals surface area (Å²) in [6.07, 6.45) is 5.33. The molecular weight excluding hydrogens is 280 g/mol. The van der Waals surface area contributed by atoms with E-state index in [0.29, 0.717) is 13.1 Å². The number of anilines is 1. The lowest BCUT2D eigenvalue weighted by molar-refractivity contribution is 0.235. The average Bonchev–Trinajstić information content (AvgIpc) is 2.98. The molecule has 7 heteroatoms. The number of hydrogen-bond donors (Lipinski definition) is 2. The molecule has 2 rings (SSSR count). The van der Waals surface area contributed by atoms with Crippen LogP contribution in [0.2, 0.25) is 0 Å². The van der Waals surface area contributed by atoms with E-state index >= 15 is 0 Å². The molecule has 0 saturated heterocycles. The highest BCUT2D eigenvalue weighted by Gasteiger charge is 2.08. The van der Waals surface area contributed by atoms with Crippen molar-refractivity contribution in [2.24, 2.45) is 0 Å². The van der Waals surface area contributed by atoms with Gasteiger partial charge in [-0.3, -0.25) is 4.68 Å². The number of urea groups is 1. The van der Waals surface area contributed by atoms with Gasteiger partial charge in [0.25, 0.3) is 0 Å². The van der Waals surface area contributed by atoms with Gasteiger partial charge in [-0.25, -0.2) is 9.78 Å². The zero-order chi connectivity index (χ0) is 15.9. The molecule has 0 aliphatic carbocycles. The lowest BCUT2D eigenvalue weighted by Crippen LogP contribution is -2.42. The van der Waals surface area contributed by atoms with Crippen LogP contribution in [0.25, 0.3) is 0 Å². The molecule has 0 radical (unpaired) electrons. The lowest BCUT2D eigenvalue weighted by Gasteiger charge is -2.15. The Morgan fingerprint density at radius 2 is 2.23 bits per heavy atom. The monoisotopic (exact) mass is 302 g/mol. The van der Waals surface area contributed by atoms with Crippen LogP contribution < -0.4 is 15.5 Å². The van der Waals surface area contributed by atoms with Crippen molar-refractivity contribution in [1.29, 1.82) is 0 Å². The number of nitrogens with one attached hydrogen (secondary N) is 2. The van der Waals surface area contributed by atoms with Crippen molar-refractivity contribution >= 4 is 11.8 Å². The smallest absolute Gasteiger partial charge is 0.315 e. The molecule has 0 spiro atoms. The summed E-state index contributed by atoms with van der Waals surface area (Å²) in [5, 5.41) is 9.86. The minimum Gasteiger partial charge on any atom is -0.363 e. The Hall–Kier alpha value is -2.57. The first kappa shape index (κ1) is 15.8. The summed E-state index contributed by atoms with van der Waals surface area (Å²) in [6, 6.07) is 5.50. The van der Waals surface area contributed by atoms with E-state index in [1.807, 2.05) is 50.3 Å². The fourth-order valence-electron chi connectivity index (χ4n) is 2.01. The Kier molecular flexibility index (Phi) is 5.35. The molecule has 2 aromatic rings. The quantitative estimate of drug-likeness (QED) is 0.841. The molecule has 2 N–H and O–H groups in total. The van der Waals surface area contributed by atoms with Gasteiger partial charge in [0, 0.05) is 45.3 Å². The number of aromatic nitrogens is 3. The Balaban J connectivity index is 1.78. The van der Waals surface area contributed by atoms with Crippen molar-refractivity contribution < 1.29 is 4.79 Å². The first-order valence-corrected chi connectivity index (χ1v) is 7.18. The highest BCUT2D eigenvalue weighted by atomic mass is 16.2. The minimum absolute atomic E-state index is 0.00493.